The number of fused-ring (bicyclic) bond motifs is 1. The lowest BCUT2D eigenvalue weighted by atomic mass is 9.63. The van der Waals surface area contributed by atoms with Gasteiger partial charge in [-0.2, -0.15) is 0 Å². The normalized spacial score (nSPS) is 28.2. The van der Waals surface area contributed by atoms with Crippen LogP contribution in [0.5, 0.6) is 0 Å². The third-order valence-electron chi connectivity index (χ3n) is 8.25. The van der Waals surface area contributed by atoms with Gasteiger partial charge in [-0.05, 0) is 51.1 Å². The third kappa shape index (κ3) is 3.84. The molecule has 2 aliphatic carbocycles. The number of benzene rings is 2. The molecule has 170 valence electrons. The van der Waals surface area contributed by atoms with Gasteiger partial charge in [-0.3, -0.25) is 0 Å². The Morgan fingerprint density at radius 1 is 1.03 bits per heavy atom. The molecule has 0 aromatic heterocycles. The van der Waals surface area contributed by atoms with Gasteiger partial charge in [0.05, 0.1) is 6.61 Å². The number of hydrogen-bond acceptors (Lipinski definition) is 2. The molecule has 1 saturated carbocycles. The molecular weight excluding hydrogens is 408 g/mol. The summed E-state index contributed by atoms with van der Waals surface area (Å²) in [6.07, 6.45) is 7.29. The van der Waals surface area contributed by atoms with Crippen LogP contribution in [0.3, 0.4) is 0 Å². The second-order valence-corrected chi connectivity index (χ2v) is 15.5. The summed E-state index contributed by atoms with van der Waals surface area (Å²) in [5.74, 6) is 0.818. The molecule has 0 aliphatic heterocycles. The van der Waals surface area contributed by atoms with Crippen molar-refractivity contribution in [1.82, 2.24) is 0 Å². The highest BCUT2D eigenvalue weighted by molar-refractivity contribution is 6.99. The van der Waals surface area contributed by atoms with Gasteiger partial charge in [0.2, 0.25) is 0 Å². The molecule has 0 saturated heterocycles. The van der Waals surface area contributed by atoms with Crippen molar-refractivity contribution < 1.29 is 9.22 Å². The average molecular weight is 447 g/mol. The Balaban J connectivity index is 1.77. The minimum atomic E-state index is -2.58. The van der Waals surface area contributed by atoms with Gasteiger partial charge >= 0.3 is 0 Å². The summed E-state index contributed by atoms with van der Waals surface area (Å²) >= 11 is 0. The van der Waals surface area contributed by atoms with E-state index < -0.39 is 8.32 Å². The smallest absolute Gasteiger partial charge is 0.261 e. The van der Waals surface area contributed by atoms with Crippen molar-refractivity contribution in [2.75, 3.05) is 6.61 Å². The van der Waals surface area contributed by atoms with Crippen molar-refractivity contribution in [2.24, 2.45) is 23.2 Å². The highest BCUT2D eigenvalue weighted by atomic mass is 28.4. The molecule has 2 aliphatic rings. The number of carbonyl (C=O) groups excluding carboxylic acids is 1. The van der Waals surface area contributed by atoms with E-state index in [-0.39, 0.29) is 22.3 Å². The molecule has 0 amide bonds. The highest BCUT2D eigenvalue weighted by Gasteiger charge is 2.52. The Bertz CT molecular complexity index is 920. The fraction of sp³-hybridized carbons (Fsp3) is 0.483. The van der Waals surface area contributed by atoms with E-state index in [0.29, 0.717) is 12.5 Å². The van der Waals surface area contributed by atoms with Crippen LogP contribution >= 0.6 is 0 Å². The van der Waals surface area contributed by atoms with E-state index in [1.54, 1.807) is 0 Å². The lowest BCUT2D eigenvalue weighted by molar-refractivity contribution is -0.115. The number of carbonyl (C=O) groups is 1. The predicted molar refractivity (Wildman–Crippen MR) is 136 cm³/mol. The fourth-order valence-electron chi connectivity index (χ4n) is 6.52. The molecule has 4 rings (SSSR count). The first-order valence-corrected chi connectivity index (χ1v) is 14.1. The molecule has 0 spiro atoms. The van der Waals surface area contributed by atoms with E-state index in [2.05, 4.69) is 101 Å². The summed E-state index contributed by atoms with van der Waals surface area (Å²) in [7, 11) is -2.58. The zero-order valence-corrected chi connectivity index (χ0v) is 21.3. The van der Waals surface area contributed by atoms with E-state index in [9.17, 15) is 4.79 Å². The molecule has 2 aromatic carbocycles. The Labute approximate surface area is 195 Å². The third-order valence-corrected chi connectivity index (χ3v) is 13.2. The minimum Gasteiger partial charge on any atom is -0.403 e. The first kappa shape index (κ1) is 23.2. The first-order valence-electron chi connectivity index (χ1n) is 12.1. The van der Waals surface area contributed by atoms with Crippen molar-refractivity contribution in [1.29, 1.82) is 0 Å². The Morgan fingerprint density at radius 2 is 1.59 bits per heavy atom. The van der Waals surface area contributed by atoms with Crippen LogP contribution in [0.15, 0.2) is 72.3 Å². The first-order chi connectivity index (χ1) is 15.2. The van der Waals surface area contributed by atoms with Crippen molar-refractivity contribution in [2.45, 2.75) is 58.9 Å². The van der Waals surface area contributed by atoms with Crippen LogP contribution < -0.4 is 10.4 Å². The molecule has 0 unspecified atom stereocenters. The van der Waals surface area contributed by atoms with Crippen molar-refractivity contribution in [3.05, 3.63) is 72.3 Å². The topological polar surface area (TPSA) is 26.3 Å². The van der Waals surface area contributed by atoms with Gasteiger partial charge in [0, 0.05) is 5.92 Å². The van der Waals surface area contributed by atoms with Crippen LogP contribution in [-0.4, -0.2) is 21.2 Å². The maximum atomic E-state index is 12.1. The van der Waals surface area contributed by atoms with Gasteiger partial charge in [-0.25, -0.2) is 0 Å². The molecule has 4 atom stereocenters. The van der Waals surface area contributed by atoms with E-state index in [1.807, 2.05) is 0 Å². The Morgan fingerprint density at radius 3 is 2.09 bits per heavy atom. The van der Waals surface area contributed by atoms with Gasteiger partial charge in [0.1, 0.15) is 6.29 Å². The molecule has 2 aromatic rings. The van der Waals surface area contributed by atoms with Crippen LogP contribution in [0.2, 0.25) is 5.04 Å². The van der Waals surface area contributed by atoms with Crippen molar-refractivity contribution >= 4 is 25.0 Å². The van der Waals surface area contributed by atoms with Gasteiger partial charge in [0.25, 0.3) is 8.32 Å². The second-order valence-electron chi connectivity index (χ2n) is 11.2. The Kier molecular flexibility index (Phi) is 6.35. The summed E-state index contributed by atoms with van der Waals surface area (Å²) < 4.78 is 7.22. The lowest BCUT2D eigenvalue weighted by Crippen LogP contribution is -2.66. The molecule has 2 nitrogen and oxygen atoms in total. The lowest BCUT2D eigenvalue weighted by Gasteiger charge is -2.45. The fourth-order valence-corrected chi connectivity index (χ4v) is 11.1. The van der Waals surface area contributed by atoms with Crippen molar-refractivity contribution in [3.8, 4) is 0 Å². The van der Waals surface area contributed by atoms with E-state index in [4.69, 9.17) is 4.43 Å². The standard InChI is InChI=1S/C29H38O2Si/c1-22-23(19-29(5)18-12-17-27(29)26(22)20-30)21-31-32(28(2,3)4,24-13-8-6-9-14-24)25-15-10-7-11-16-25/h6-11,13-16,19-20,22,26-27H,12,17-18,21H2,1-5H3/t22-,26-,27-,29+/m1/s1. The second kappa shape index (κ2) is 8.76. The van der Waals surface area contributed by atoms with Crippen LogP contribution in [0.1, 0.15) is 53.9 Å². The molecule has 0 N–H and O–H groups in total. The zero-order chi connectivity index (χ0) is 23.0. The maximum absolute atomic E-state index is 12.1. The van der Waals surface area contributed by atoms with Gasteiger partial charge < -0.3 is 9.22 Å². The Hall–Kier alpha value is -1.97. The summed E-state index contributed by atoms with van der Waals surface area (Å²) in [5.41, 5.74) is 1.44. The molecular formula is C29H38O2Si. The summed E-state index contributed by atoms with van der Waals surface area (Å²) in [5, 5.41) is 2.57. The van der Waals surface area contributed by atoms with Crippen LogP contribution in [0.25, 0.3) is 0 Å². The number of rotatable bonds is 6. The summed E-state index contributed by atoms with van der Waals surface area (Å²) in [4.78, 5) is 12.1. The highest BCUT2D eigenvalue weighted by Crippen LogP contribution is 2.54. The molecule has 0 heterocycles. The van der Waals surface area contributed by atoms with Gasteiger partial charge in [0.15, 0.2) is 0 Å². The monoisotopic (exact) mass is 446 g/mol. The van der Waals surface area contributed by atoms with Crippen LogP contribution in [0, 0.1) is 23.2 Å². The molecule has 32 heavy (non-hydrogen) atoms. The van der Waals surface area contributed by atoms with Crippen molar-refractivity contribution in [3.63, 3.8) is 0 Å². The largest absolute Gasteiger partial charge is 0.403 e. The number of hydrogen-bond donors (Lipinski definition) is 0. The predicted octanol–water partition coefficient (Wildman–Crippen LogP) is 5.76. The van der Waals surface area contributed by atoms with E-state index in [1.165, 1.54) is 41.5 Å². The zero-order valence-electron chi connectivity index (χ0n) is 20.3. The molecule has 0 bridgehead atoms. The molecule has 3 heteroatoms. The molecule has 0 radical (unpaired) electrons. The quantitative estimate of drug-likeness (QED) is 0.320. The average Bonchev–Trinajstić information content (AvgIpc) is 3.16. The summed E-state index contributed by atoms with van der Waals surface area (Å²) in [6.45, 7) is 12.1. The summed E-state index contributed by atoms with van der Waals surface area (Å²) in [6, 6.07) is 21.6. The minimum absolute atomic E-state index is 0.0436. The molecule has 1 fully saturated rings. The van der Waals surface area contributed by atoms with Gasteiger partial charge in [-0.1, -0.05) is 108 Å². The van der Waals surface area contributed by atoms with E-state index in [0.717, 1.165) is 0 Å². The van der Waals surface area contributed by atoms with Crippen LogP contribution in [0.4, 0.5) is 0 Å². The number of allylic oxidation sites excluding steroid dienone is 1. The number of aldehydes is 1. The SMILES string of the molecule is C[C@@H]1C(CO[Si](c2ccccc2)(c2ccccc2)C(C)(C)C)=C[C@]2(C)CCC[C@@H]2[C@@H]1C=O. The van der Waals surface area contributed by atoms with E-state index >= 15 is 0 Å². The van der Waals surface area contributed by atoms with Gasteiger partial charge in [-0.15, -0.1) is 0 Å². The van der Waals surface area contributed by atoms with Crippen LogP contribution in [-0.2, 0) is 9.22 Å². The maximum Gasteiger partial charge on any atom is 0.261 e.